The minimum absolute atomic E-state index is 0.0391. The average Bonchev–Trinajstić information content (AvgIpc) is 3.18. The lowest BCUT2D eigenvalue weighted by Gasteiger charge is -2.28. The summed E-state index contributed by atoms with van der Waals surface area (Å²) in [5.41, 5.74) is 0.0552. The molecule has 0 unspecified atom stereocenters. The topological polar surface area (TPSA) is 74.3 Å². The molecule has 1 saturated heterocycles. The Morgan fingerprint density at radius 1 is 1.15 bits per heavy atom. The third-order valence-corrected chi connectivity index (χ3v) is 6.66. The van der Waals surface area contributed by atoms with E-state index in [-0.39, 0.29) is 35.2 Å². The predicted molar refractivity (Wildman–Crippen MR) is 132 cm³/mol. The summed E-state index contributed by atoms with van der Waals surface area (Å²) in [6, 6.07) is 4.32. The summed E-state index contributed by atoms with van der Waals surface area (Å²) in [5, 5.41) is 0.282. The highest BCUT2D eigenvalue weighted by Crippen LogP contribution is 2.28. The maximum absolute atomic E-state index is 14.8. The van der Waals surface area contributed by atoms with Gasteiger partial charge in [0.25, 0.3) is 5.56 Å². The average molecular weight is 492 g/mol. The molecule has 184 valence electrons. The Kier molecular flexibility index (Phi) is 7.42. The zero-order valence-electron chi connectivity index (χ0n) is 19.9. The van der Waals surface area contributed by atoms with Crippen LogP contribution in [-0.2, 0) is 17.8 Å². The molecule has 1 aliphatic rings. The molecule has 0 atom stereocenters. The van der Waals surface area contributed by atoms with Crippen LogP contribution in [0.5, 0.6) is 0 Å². The predicted octanol–water partition coefficient (Wildman–Crippen LogP) is 3.81. The number of ether oxygens (including phenoxy) is 1. The Balaban J connectivity index is 2.01. The highest BCUT2D eigenvalue weighted by molar-refractivity contribution is 6.31. The summed E-state index contributed by atoms with van der Waals surface area (Å²) in [4.78, 5) is 34.0. The summed E-state index contributed by atoms with van der Waals surface area (Å²) >= 11 is 6.36. The molecule has 34 heavy (non-hydrogen) atoms. The molecule has 1 aliphatic heterocycles. The van der Waals surface area contributed by atoms with Crippen molar-refractivity contribution in [2.24, 2.45) is 0 Å². The maximum atomic E-state index is 14.8. The van der Waals surface area contributed by atoms with E-state index in [1.54, 1.807) is 28.4 Å². The van der Waals surface area contributed by atoms with E-state index >= 15 is 0 Å². The Hall–Kier alpha value is -2.65. The van der Waals surface area contributed by atoms with Crippen molar-refractivity contribution in [3.63, 3.8) is 0 Å². The number of hydrogen-bond acceptors (Lipinski definition) is 5. The van der Waals surface area contributed by atoms with Crippen LogP contribution in [0.2, 0.25) is 5.02 Å². The van der Waals surface area contributed by atoms with Gasteiger partial charge in [0.15, 0.2) is 11.2 Å². The van der Waals surface area contributed by atoms with E-state index in [0.29, 0.717) is 24.6 Å². The number of halogens is 2. The Bertz CT molecular complexity index is 1270. The van der Waals surface area contributed by atoms with Gasteiger partial charge in [0.1, 0.15) is 5.82 Å². The van der Waals surface area contributed by atoms with E-state index in [0.717, 1.165) is 32.4 Å². The first kappa shape index (κ1) is 24.5. The van der Waals surface area contributed by atoms with E-state index in [2.05, 4.69) is 4.90 Å². The standard InChI is InChI=1S/C24H31ClFN5O3/c1-16(2)31-21-20(22(32)29(24(31)33)13-8-14-34-3)30(15-17-18(25)9-7-10-19(17)26)23(27-21)28-11-5-4-6-12-28/h7,9-10,16H,4-6,8,11-15H2,1-3H3. The fourth-order valence-electron chi connectivity index (χ4n) is 4.60. The molecule has 1 fully saturated rings. The normalized spacial score (nSPS) is 14.5. The number of imidazole rings is 1. The Morgan fingerprint density at radius 3 is 2.53 bits per heavy atom. The van der Waals surface area contributed by atoms with Gasteiger partial charge in [-0.3, -0.25) is 18.5 Å². The van der Waals surface area contributed by atoms with Crippen LogP contribution in [0.1, 0.15) is 51.1 Å². The van der Waals surface area contributed by atoms with Gasteiger partial charge in [0.05, 0.1) is 6.54 Å². The van der Waals surface area contributed by atoms with Crippen LogP contribution in [0.15, 0.2) is 27.8 Å². The number of hydrogen-bond donors (Lipinski definition) is 0. The molecule has 0 saturated carbocycles. The van der Waals surface area contributed by atoms with Crippen molar-refractivity contribution in [2.75, 3.05) is 31.7 Å². The summed E-state index contributed by atoms with van der Waals surface area (Å²) in [6.45, 7) is 6.02. The van der Waals surface area contributed by atoms with Crippen molar-refractivity contribution in [1.82, 2.24) is 18.7 Å². The Labute approximate surface area is 202 Å². The minimum atomic E-state index is -0.448. The van der Waals surface area contributed by atoms with E-state index in [1.165, 1.54) is 10.6 Å². The van der Waals surface area contributed by atoms with Crippen molar-refractivity contribution in [3.05, 3.63) is 55.4 Å². The first-order valence-electron chi connectivity index (χ1n) is 11.8. The second-order valence-corrected chi connectivity index (χ2v) is 9.37. The molecule has 0 aliphatic carbocycles. The summed E-state index contributed by atoms with van der Waals surface area (Å²) < 4.78 is 24.4. The summed E-state index contributed by atoms with van der Waals surface area (Å²) in [6.07, 6.45) is 3.64. The fraction of sp³-hybridized carbons (Fsp3) is 0.542. The second-order valence-electron chi connectivity index (χ2n) is 8.97. The van der Waals surface area contributed by atoms with Crippen LogP contribution in [0.3, 0.4) is 0 Å². The van der Waals surface area contributed by atoms with Gasteiger partial charge in [0, 0.05) is 50.0 Å². The zero-order valence-corrected chi connectivity index (χ0v) is 20.6. The lowest BCUT2D eigenvalue weighted by molar-refractivity contribution is 0.189. The van der Waals surface area contributed by atoms with Gasteiger partial charge in [-0.25, -0.2) is 9.18 Å². The van der Waals surface area contributed by atoms with Gasteiger partial charge in [0.2, 0.25) is 5.95 Å². The molecule has 0 radical (unpaired) electrons. The van der Waals surface area contributed by atoms with Gasteiger partial charge in [-0.1, -0.05) is 17.7 Å². The summed E-state index contributed by atoms with van der Waals surface area (Å²) in [7, 11) is 1.58. The zero-order chi connectivity index (χ0) is 24.4. The molecule has 0 bridgehead atoms. The molecule has 0 N–H and O–H groups in total. The molecule has 1 aromatic carbocycles. The maximum Gasteiger partial charge on any atom is 0.332 e. The second kappa shape index (κ2) is 10.3. The molecule has 2 aromatic heterocycles. The first-order valence-corrected chi connectivity index (χ1v) is 12.1. The molecule has 3 aromatic rings. The van der Waals surface area contributed by atoms with E-state index < -0.39 is 17.1 Å². The van der Waals surface area contributed by atoms with E-state index in [9.17, 15) is 14.0 Å². The molecule has 10 heteroatoms. The number of nitrogens with zero attached hydrogens (tertiary/aromatic N) is 5. The van der Waals surface area contributed by atoms with Crippen LogP contribution < -0.4 is 16.1 Å². The number of aromatic nitrogens is 4. The number of fused-ring (bicyclic) bond motifs is 1. The first-order chi connectivity index (χ1) is 16.3. The molecule has 3 heterocycles. The Morgan fingerprint density at radius 2 is 1.88 bits per heavy atom. The SMILES string of the molecule is COCCCn1c(=O)c2c(nc(N3CCCCC3)n2Cc2c(F)cccc2Cl)n(C(C)C)c1=O. The molecular weight excluding hydrogens is 461 g/mol. The fourth-order valence-corrected chi connectivity index (χ4v) is 4.82. The molecule has 0 amide bonds. The minimum Gasteiger partial charge on any atom is -0.385 e. The molecule has 8 nitrogen and oxygen atoms in total. The smallest absolute Gasteiger partial charge is 0.332 e. The van der Waals surface area contributed by atoms with Crippen molar-refractivity contribution in [2.45, 2.75) is 58.7 Å². The van der Waals surface area contributed by atoms with Gasteiger partial charge >= 0.3 is 5.69 Å². The third-order valence-electron chi connectivity index (χ3n) is 6.31. The number of benzene rings is 1. The van der Waals surface area contributed by atoms with Gasteiger partial charge in [-0.15, -0.1) is 0 Å². The van der Waals surface area contributed by atoms with Crippen molar-refractivity contribution < 1.29 is 9.13 Å². The number of rotatable bonds is 8. The van der Waals surface area contributed by atoms with Crippen LogP contribution in [0, 0.1) is 5.82 Å². The number of anilines is 1. The van der Waals surface area contributed by atoms with Crippen molar-refractivity contribution >= 4 is 28.7 Å². The lowest BCUT2D eigenvalue weighted by Crippen LogP contribution is -2.41. The van der Waals surface area contributed by atoms with Gasteiger partial charge in [-0.05, 0) is 51.7 Å². The lowest BCUT2D eigenvalue weighted by atomic mass is 10.1. The highest BCUT2D eigenvalue weighted by Gasteiger charge is 2.27. The molecule has 4 rings (SSSR count). The number of methoxy groups -OCH3 is 1. The van der Waals surface area contributed by atoms with Gasteiger partial charge in [-0.2, -0.15) is 4.98 Å². The quantitative estimate of drug-likeness (QED) is 0.448. The highest BCUT2D eigenvalue weighted by atomic mass is 35.5. The molecule has 0 spiro atoms. The monoisotopic (exact) mass is 491 g/mol. The third kappa shape index (κ3) is 4.51. The van der Waals surface area contributed by atoms with Crippen LogP contribution in [0.25, 0.3) is 11.2 Å². The largest absolute Gasteiger partial charge is 0.385 e. The van der Waals surface area contributed by atoms with Crippen LogP contribution in [-0.4, -0.2) is 45.5 Å². The van der Waals surface area contributed by atoms with Crippen molar-refractivity contribution in [1.29, 1.82) is 0 Å². The number of piperidine rings is 1. The molecular formula is C24H31ClFN5O3. The van der Waals surface area contributed by atoms with Crippen molar-refractivity contribution in [3.8, 4) is 0 Å². The summed E-state index contributed by atoms with van der Waals surface area (Å²) in [5.74, 6) is 0.117. The van der Waals surface area contributed by atoms with Crippen LogP contribution >= 0.6 is 11.6 Å². The van der Waals surface area contributed by atoms with Crippen LogP contribution in [0.4, 0.5) is 10.3 Å². The van der Waals surface area contributed by atoms with E-state index in [4.69, 9.17) is 21.3 Å². The van der Waals surface area contributed by atoms with Gasteiger partial charge < -0.3 is 9.64 Å². The van der Waals surface area contributed by atoms with E-state index in [1.807, 2.05) is 13.8 Å².